The smallest absolute Gasteiger partial charge is 0.329 e. The molecular weight excluding hydrogens is 329 g/mol. The number of carbonyl (C=O) groups is 1. The fraction of sp³-hybridized carbons (Fsp3) is 0.500. The molecule has 1 saturated heterocycles. The summed E-state index contributed by atoms with van der Waals surface area (Å²) >= 11 is 0. The first-order chi connectivity index (χ1) is 10.8. The van der Waals surface area contributed by atoms with Gasteiger partial charge in [-0.1, -0.05) is 0 Å². The second-order valence-corrected chi connectivity index (χ2v) is 7.04. The lowest BCUT2D eigenvalue weighted by molar-refractivity contribution is -0.145. The summed E-state index contributed by atoms with van der Waals surface area (Å²) in [5, 5.41) is 8.57. The van der Waals surface area contributed by atoms with Crippen molar-refractivity contribution in [1.29, 1.82) is 0 Å². The van der Waals surface area contributed by atoms with E-state index in [1.165, 1.54) is 23.5 Å². The normalized spacial score (nSPS) is 17.1. The Bertz CT molecular complexity index is 670. The minimum atomic E-state index is -3.80. The van der Waals surface area contributed by atoms with E-state index in [-0.39, 0.29) is 29.8 Å². The predicted octanol–water partition coefficient (Wildman–Crippen LogP) is 1.09. The Hall–Kier alpha value is -1.71. The largest absolute Gasteiger partial charge is 0.494 e. The van der Waals surface area contributed by atoms with Gasteiger partial charge in [0.05, 0.1) is 18.1 Å². The van der Waals surface area contributed by atoms with Crippen molar-refractivity contribution in [3.63, 3.8) is 0 Å². The Morgan fingerprint density at radius 1 is 1.39 bits per heavy atom. The summed E-state index contributed by atoms with van der Waals surface area (Å²) in [5.74, 6) is -1.83. The van der Waals surface area contributed by atoms with Crippen LogP contribution in [-0.2, 0) is 19.6 Å². The highest BCUT2D eigenvalue weighted by Gasteiger charge is 2.30. The minimum absolute atomic E-state index is 0.0234. The van der Waals surface area contributed by atoms with Crippen LogP contribution in [0.4, 0.5) is 4.39 Å². The van der Waals surface area contributed by atoms with Crippen LogP contribution in [0.3, 0.4) is 0 Å². The molecule has 9 heteroatoms. The van der Waals surface area contributed by atoms with Crippen LogP contribution in [0.5, 0.6) is 5.75 Å². The van der Waals surface area contributed by atoms with Gasteiger partial charge in [0.2, 0.25) is 10.0 Å². The molecule has 7 nitrogen and oxygen atoms in total. The van der Waals surface area contributed by atoms with Crippen LogP contribution >= 0.6 is 0 Å². The molecule has 0 aliphatic carbocycles. The van der Waals surface area contributed by atoms with Crippen molar-refractivity contribution < 1.29 is 32.2 Å². The molecule has 1 aliphatic rings. The molecule has 2 rings (SSSR count). The predicted molar refractivity (Wildman–Crippen MR) is 78.3 cm³/mol. The molecule has 1 aliphatic heterocycles. The lowest BCUT2D eigenvalue weighted by Gasteiger charge is -2.30. The van der Waals surface area contributed by atoms with E-state index < -0.39 is 28.4 Å². The van der Waals surface area contributed by atoms with Crippen molar-refractivity contribution in [3.8, 4) is 5.75 Å². The number of hydrogen-bond donors (Lipinski definition) is 1. The molecule has 0 bridgehead atoms. The average Bonchev–Trinajstić information content (AvgIpc) is 2.53. The lowest BCUT2D eigenvalue weighted by atomic mass is 10.1. The molecule has 1 heterocycles. The maximum absolute atomic E-state index is 13.7. The standard InChI is InChI=1S/C14H18FNO6S/c1-21-13-3-2-11(8-12(13)15)23(19,20)16-6-4-10(5-7-16)22-9-14(17)18/h2-3,8,10H,4-7,9H2,1H3,(H,17,18). The minimum Gasteiger partial charge on any atom is -0.494 e. The Morgan fingerprint density at radius 3 is 2.57 bits per heavy atom. The summed E-state index contributed by atoms with van der Waals surface area (Å²) in [7, 11) is -2.50. The van der Waals surface area contributed by atoms with Crippen molar-refractivity contribution in [2.45, 2.75) is 23.8 Å². The third-order valence-electron chi connectivity index (χ3n) is 3.60. The Kier molecular flexibility index (Phi) is 5.55. The van der Waals surface area contributed by atoms with E-state index in [1.54, 1.807) is 0 Å². The van der Waals surface area contributed by atoms with Crippen LogP contribution in [0.2, 0.25) is 0 Å². The van der Waals surface area contributed by atoms with E-state index in [2.05, 4.69) is 0 Å². The number of methoxy groups -OCH3 is 1. The molecule has 0 spiro atoms. The van der Waals surface area contributed by atoms with Crippen molar-refractivity contribution in [3.05, 3.63) is 24.0 Å². The van der Waals surface area contributed by atoms with Gasteiger partial charge in [-0.05, 0) is 31.0 Å². The molecule has 0 unspecified atom stereocenters. The molecule has 1 aromatic rings. The van der Waals surface area contributed by atoms with Crippen molar-refractivity contribution >= 4 is 16.0 Å². The number of halogens is 1. The zero-order chi connectivity index (χ0) is 17.0. The van der Waals surface area contributed by atoms with Gasteiger partial charge < -0.3 is 14.6 Å². The summed E-state index contributed by atoms with van der Waals surface area (Å²) in [6, 6.07) is 3.50. The molecule has 23 heavy (non-hydrogen) atoms. The summed E-state index contributed by atoms with van der Waals surface area (Å²) in [4.78, 5) is 10.3. The number of rotatable bonds is 6. The number of carboxylic acids is 1. The van der Waals surface area contributed by atoms with Crippen molar-refractivity contribution in [2.24, 2.45) is 0 Å². The Labute approximate surface area is 133 Å². The van der Waals surface area contributed by atoms with Gasteiger partial charge in [0.25, 0.3) is 0 Å². The second-order valence-electron chi connectivity index (χ2n) is 5.10. The van der Waals surface area contributed by atoms with E-state index in [0.29, 0.717) is 12.8 Å². The third kappa shape index (κ3) is 4.18. The molecule has 1 N–H and O–H groups in total. The fourth-order valence-corrected chi connectivity index (χ4v) is 3.87. The maximum Gasteiger partial charge on any atom is 0.329 e. The summed E-state index contributed by atoms with van der Waals surface area (Å²) in [6.45, 7) is -0.0123. The monoisotopic (exact) mass is 347 g/mol. The van der Waals surface area contributed by atoms with Crippen molar-refractivity contribution in [1.82, 2.24) is 4.31 Å². The number of nitrogens with zero attached hydrogens (tertiary/aromatic N) is 1. The summed E-state index contributed by atoms with van der Waals surface area (Å²) in [6.07, 6.45) is 0.501. The zero-order valence-corrected chi connectivity index (χ0v) is 13.4. The van der Waals surface area contributed by atoms with Crippen LogP contribution in [0.25, 0.3) is 0 Å². The highest BCUT2D eigenvalue weighted by atomic mass is 32.2. The van der Waals surface area contributed by atoms with Crippen LogP contribution in [0, 0.1) is 5.82 Å². The first kappa shape index (κ1) is 17.6. The molecule has 0 atom stereocenters. The molecule has 1 aromatic carbocycles. The summed E-state index contributed by atoms with van der Waals surface area (Å²) < 4.78 is 49.9. The van der Waals surface area contributed by atoms with Gasteiger partial charge in [-0.3, -0.25) is 0 Å². The van der Waals surface area contributed by atoms with Gasteiger partial charge in [-0.25, -0.2) is 17.6 Å². The van der Waals surface area contributed by atoms with Crippen LogP contribution < -0.4 is 4.74 Å². The quantitative estimate of drug-likeness (QED) is 0.828. The molecule has 0 aromatic heterocycles. The van der Waals surface area contributed by atoms with Crippen LogP contribution in [-0.4, -0.2) is 56.7 Å². The van der Waals surface area contributed by atoms with Gasteiger partial charge in [-0.2, -0.15) is 4.31 Å². The van der Waals surface area contributed by atoms with Crippen LogP contribution in [0.15, 0.2) is 23.1 Å². The topological polar surface area (TPSA) is 93.1 Å². The highest BCUT2D eigenvalue weighted by Crippen LogP contribution is 2.25. The molecule has 1 fully saturated rings. The van der Waals surface area contributed by atoms with E-state index in [9.17, 15) is 17.6 Å². The number of hydrogen-bond acceptors (Lipinski definition) is 5. The highest BCUT2D eigenvalue weighted by molar-refractivity contribution is 7.89. The second kappa shape index (κ2) is 7.24. The molecule has 0 amide bonds. The third-order valence-corrected chi connectivity index (χ3v) is 5.50. The lowest BCUT2D eigenvalue weighted by Crippen LogP contribution is -2.41. The van der Waals surface area contributed by atoms with E-state index in [4.69, 9.17) is 14.6 Å². The van der Waals surface area contributed by atoms with Crippen molar-refractivity contribution in [2.75, 3.05) is 26.8 Å². The number of benzene rings is 1. The Morgan fingerprint density at radius 2 is 2.04 bits per heavy atom. The maximum atomic E-state index is 13.7. The molecule has 0 saturated carbocycles. The summed E-state index contributed by atoms with van der Waals surface area (Å²) in [5.41, 5.74) is 0. The number of piperidine rings is 1. The molecule has 128 valence electrons. The van der Waals surface area contributed by atoms with Gasteiger partial charge >= 0.3 is 5.97 Å². The molecule has 0 radical (unpaired) electrons. The first-order valence-corrected chi connectivity index (χ1v) is 8.45. The van der Waals surface area contributed by atoms with E-state index >= 15 is 0 Å². The van der Waals surface area contributed by atoms with E-state index in [0.717, 1.165) is 6.07 Å². The Balaban J connectivity index is 2.04. The average molecular weight is 347 g/mol. The van der Waals surface area contributed by atoms with E-state index in [1.807, 2.05) is 0 Å². The number of aliphatic carboxylic acids is 1. The number of carboxylic acid groups (broad SMARTS) is 1. The van der Waals surface area contributed by atoms with Gasteiger partial charge in [0.1, 0.15) is 6.61 Å². The van der Waals surface area contributed by atoms with Gasteiger partial charge in [0.15, 0.2) is 11.6 Å². The van der Waals surface area contributed by atoms with Crippen LogP contribution in [0.1, 0.15) is 12.8 Å². The molecular formula is C14H18FNO6S. The van der Waals surface area contributed by atoms with Gasteiger partial charge in [-0.15, -0.1) is 0 Å². The zero-order valence-electron chi connectivity index (χ0n) is 12.6. The first-order valence-electron chi connectivity index (χ1n) is 7.01. The number of sulfonamides is 1. The van der Waals surface area contributed by atoms with Gasteiger partial charge in [0, 0.05) is 13.1 Å². The SMILES string of the molecule is COc1ccc(S(=O)(=O)N2CCC(OCC(=O)O)CC2)cc1F. The number of ether oxygens (including phenoxy) is 2. The fourth-order valence-electron chi connectivity index (χ4n) is 2.38.